The van der Waals surface area contributed by atoms with Gasteiger partial charge in [-0.3, -0.25) is 24.3 Å². The summed E-state index contributed by atoms with van der Waals surface area (Å²) in [5.41, 5.74) is 0.212. The highest BCUT2D eigenvalue weighted by Crippen LogP contribution is 2.31. The zero-order valence-corrected chi connectivity index (χ0v) is 20.5. The van der Waals surface area contributed by atoms with Gasteiger partial charge < -0.3 is 14.7 Å². The number of ether oxygens (including phenoxy) is 1. The lowest BCUT2D eigenvalue weighted by molar-refractivity contribution is -0.136. The largest absolute Gasteiger partial charge is 0.494 e. The van der Waals surface area contributed by atoms with Crippen LogP contribution in [0.5, 0.6) is 5.75 Å². The predicted molar refractivity (Wildman–Crippen MR) is 133 cm³/mol. The molecule has 1 aliphatic carbocycles. The standard InChI is InChI=1S/C26H36N4O5/c1-2-7-22(18-8-4-3-5-9-18)29(13-14-31)24(33)10-6-15-35-19-11-12-21-20(16-19)25(34)30-17-23(32)28-26(30)27-21/h11-12,16,18,22,31H,2-10,13-15,17H2,1H3,(H,27,28,32). The first-order valence-corrected chi connectivity index (χ1v) is 12.9. The van der Waals surface area contributed by atoms with E-state index in [-0.39, 0.29) is 42.5 Å². The maximum Gasteiger partial charge on any atom is 0.263 e. The smallest absolute Gasteiger partial charge is 0.263 e. The average Bonchev–Trinajstić information content (AvgIpc) is 3.25. The minimum Gasteiger partial charge on any atom is -0.494 e. The van der Waals surface area contributed by atoms with Gasteiger partial charge in [0.1, 0.15) is 12.3 Å². The first-order valence-electron chi connectivity index (χ1n) is 12.9. The molecule has 4 rings (SSSR count). The maximum atomic E-state index is 13.1. The van der Waals surface area contributed by atoms with Crippen molar-refractivity contribution in [2.24, 2.45) is 5.92 Å². The first kappa shape index (κ1) is 25.2. The van der Waals surface area contributed by atoms with Crippen molar-refractivity contribution in [2.45, 2.75) is 77.3 Å². The fourth-order valence-corrected chi connectivity index (χ4v) is 5.44. The second kappa shape index (κ2) is 11.7. The molecule has 1 fully saturated rings. The summed E-state index contributed by atoms with van der Waals surface area (Å²) in [5.74, 6) is 1.13. The third kappa shape index (κ3) is 5.83. The van der Waals surface area contributed by atoms with Crippen LogP contribution in [0.2, 0.25) is 0 Å². The van der Waals surface area contributed by atoms with Crippen LogP contribution in [0.3, 0.4) is 0 Å². The Morgan fingerprint density at radius 3 is 2.83 bits per heavy atom. The summed E-state index contributed by atoms with van der Waals surface area (Å²) in [7, 11) is 0. The number of nitrogens with zero attached hydrogens (tertiary/aromatic N) is 3. The molecule has 1 saturated carbocycles. The molecule has 0 radical (unpaired) electrons. The topological polar surface area (TPSA) is 114 Å². The molecule has 9 nitrogen and oxygen atoms in total. The molecule has 0 saturated heterocycles. The normalized spacial score (nSPS) is 16.7. The van der Waals surface area contributed by atoms with Crippen molar-refractivity contribution in [2.75, 3.05) is 25.1 Å². The number of carbonyl (C=O) groups is 2. The molecule has 1 aliphatic heterocycles. The Morgan fingerprint density at radius 2 is 2.09 bits per heavy atom. The third-order valence-electron chi connectivity index (χ3n) is 7.12. The number of aliphatic hydroxyl groups excluding tert-OH is 1. The monoisotopic (exact) mass is 484 g/mol. The fraction of sp³-hybridized carbons (Fsp3) is 0.615. The highest BCUT2D eigenvalue weighted by Gasteiger charge is 2.30. The van der Waals surface area contributed by atoms with Crippen LogP contribution in [0.1, 0.15) is 64.7 Å². The molecular weight excluding hydrogens is 448 g/mol. The van der Waals surface area contributed by atoms with E-state index in [0.717, 1.165) is 25.7 Å². The van der Waals surface area contributed by atoms with Crippen molar-refractivity contribution in [3.05, 3.63) is 28.6 Å². The minimum absolute atomic E-state index is 0.0271. The molecule has 2 aromatic rings. The van der Waals surface area contributed by atoms with Gasteiger partial charge in [0, 0.05) is 19.0 Å². The molecule has 1 atom stereocenters. The van der Waals surface area contributed by atoms with Crippen molar-refractivity contribution in [1.29, 1.82) is 0 Å². The van der Waals surface area contributed by atoms with E-state index in [1.54, 1.807) is 18.2 Å². The number of hydrogen-bond acceptors (Lipinski definition) is 6. The molecule has 2 N–H and O–H groups in total. The van der Waals surface area contributed by atoms with Crippen LogP contribution in [0, 0.1) is 5.92 Å². The molecule has 1 aromatic heterocycles. The molecule has 35 heavy (non-hydrogen) atoms. The Labute approximate surface area is 205 Å². The first-order chi connectivity index (χ1) is 17.0. The number of aliphatic hydroxyl groups is 1. The molecule has 2 heterocycles. The summed E-state index contributed by atoms with van der Waals surface area (Å²) in [6.07, 6.45) is 8.92. The van der Waals surface area contributed by atoms with E-state index >= 15 is 0 Å². The van der Waals surface area contributed by atoms with Crippen molar-refractivity contribution in [3.63, 3.8) is 0 Å². The summed E-state index contributed by atoms with van der Waals surface area (Å²) in [4.78, 5) is 43.7. The zero-order valence-electron chi connectivity index (χ0n) is 20.5. The molecule has 9 heteroatoms. The van der Waals surface area contributed by atoms with Gasteiger partial charge in [0.05, 0.1) is 24.1 Å². The summed E-state index contributed by atoms with van der Waals surface area (Å²) in [5, 5.41) is 12.6. The average molecular weight is 485 g/mol. The van der Waals surface area contributed by atoms with Crippen LogP contribution < -0.4 is 15.6 Å². The van der Waals surface area contributed by atoms with Crippen LogP contribution in [-0.4, -0.2) is 57.2 Å². The molecule has 1 unspecified atom stereocenters. The summed E-state index contributed by atoms with van der Waals surface area (Å²) in [6, 6.07) is 5.28. The lowest BCUT2D eigenvalue weighted by Crippen LogP contribution is -2.46. The molecule has 1 aromatic carbocycles. The Hall–Kier alpha value is -2.94. The highest BCUT2D eigenvalue weighted by molar-refractivity contribution is 5.94. The number of benzene rings is 1. The summed E-state index contributed by atoms with van der Waals surface area (Å²) in [6.45, 7) is 2.81. The van der Waals surface area contributed by atoms with Crippen LogP contribution in [-0.2, 0) is 16.1 Å². The van der Waals surface area contributed by atoms with E-state index < -0.39 is 0 Å². The second-order valence-electron chi connectivity index (χ2n) is 9.57. The van der Waals surface area contributed by atoms with Gasteiger partial charge in [0.2, 0.25) is 17.8 Å². The van der Waals surface area contributed by atoms with Crippen LogP contribution in [0.4, 0.5) is 5.95 Å². The van der Waals surface area contributed by atoms with Crippen LogP contribution in [0.25, 0.3) is 10.9 Å². The number of amides is 2. The van der Waals surface area contributed by atoms with Gasteiger partial charge in [0.15, 0.2) is 0 Å². The predicted octanol–water partition coefficient (Wildman–Crippen LogP) is 3.08. The van der Waals surface area contributed by atoms with Gasteiger partial charge >= 0.3 is 0 Å². The van der Waals surface area contributed by atoms with Gasteiger partial charge in [-0.2, -0.15) is 0 Å². The van der Waals surface area contributed by atoms with E-state index in [0.29, 0.717) is 48.6 Å². The van der Waals surface area contributed by atoms with Gasteiger partial charge in [-0.25, -0.2) is 4.98 Å². The number of rotatable bonds is 11. The molecule has 0 bridgehead atoms. The van der Waals surface area contributed by atoms with Crippen molar-refractivity contribution in [3.8, 4) is 5.75 Å². The Bertz CT molecular complexity index is 1110. The van der Waals surface area contributed by atoms with Gasteiger partial charge in [-0.1, -0.05) is 32.6 Å². The third-order valence-corrected chi connectivity index (χ3v) is 7.12. The second-order valence-corrected chi connectivity index (χ2v) is 9.57. The highest BCUT2D eigenvalue weighted by atomic mass is 16.5. The van der Waals surface area contributed by atoms with Crippen LogP contribution in [0.15, 0.2) is 23.0 Å². The summed E-state index contributed by atoms with van der Waals surface area (Å²) < 4.78 is 7.17. The Balaban J connectivity index is 1.35. The van der Waals surface area contributed by atoms with Crippen molar-refractivity contribution >= 4 is 28.7 Å². The molecule has 2 aliphatic rings. The zero-order chi connectivity index (χ0) is 24.8. The minimum atomic E-state index is -0.284. The van der Waals surface area contributed by atoms with Crippen molar-refractivity contribution < 1.29 is 19.4 Å². The van der Waals surface area contributed by atoms with Gasteiger partial charge in [-0.15, -0.1) is 0 Å². The Morgan fingerprint density at radius 1 is 1.29 bits per heavy atom. The molecular formula is C26H36N4O5. The number of anilines is 1. The van der Waals surface area contributed by atoms with Crippen molar-refractivity contribution in [1.82, 2.24) is 14.5 Å². The van der Waals surface area contributed by atoms with E-state index in [2.05, 4.69) is 17.2 Å². The van der Waals surface area contributed by atoms with Crippen LogP contribution >= 0.6 is 0 Å². The summed E-state index contributed by atoms with van der Waals surface area (Å²) >= 11 is 0. The lowest BCUT2D eigenvalue weighted by atomic mass is 9.81. The molecule has 0 spiro atoms. The fourth-order valence-electron chi connectivity index (χ4n) is 5.44. The lowest BCUT2D eigenvalue weighted by Gasteiger charge is -2.39. The number of aromatic nitrogens is 2. The number of carbonyl (C=O) groups excluding carboxylic acids is 2. The van der Waals surface area contributed by atoms with E-state index in [9.17, 15) is 19.5 Å². The quantitative estimate of drug-likeness (QED) is 0.474. The number of hydrogen-bond donors (Lipinski definition) is 2. The number of fused-ring (bicyclic) bond motifs is 2. The Kier molecular flexibility index (Phi) is 8.38. The van der Waals surface area contributed by atoms with Gasteiger partial charge in [0.25, 0.3) is 5.56 Å². The van der Waals surface area contributed by atoms with Gasteiger partial charge in [-0.05, 0) is 49.8 Å². The van der Waals surface area contributed by atoms with E-state index in [4.69, 9.17) is 4.74 Å². The molecule has 2 amide bonds. The SMILES string of the molecule is CCCC(C1CCCCC1)N(CCO)C(=O)CCCOc1ccc2nc3n(c(=O)c2c1)CC(=O)N3. The van der Waals surface area contributed by atoms with E-state index in [1.165, 1.54) is 23.8 Å². The molecule has 190 valence electrons. The number of nitrogens with one attached hydrogen (secondary N) is 1. The maximum absolute atomic E-state index is 13.1. The van der Waals surface area contributed by atoms with E-state index in [1.807, 2.05) is 4.90 Å².